The lowest BCUT2D eigenvalue weighted by Crippen LogP contribution is -2.65. The third kappa shape index (κ3) is 9.83. The third-order valence-electron chi connectivity index (χ3n) is 12.0. The largest absolute Gasteiger partial charge is 0.481 e. The van der Waals surface area contributed by atoms with Crippen LogP contribution in [0.1, 0.15) is 115 Å². The first-order valence-electron chi connectivity index (χ1n) is 18.8. The molecule has 12 nitrogen and oxygen atoms in total. The molecule has 4 amide bonds. The number of carbonyl (C=O) groups is 4. The van der Waals surface area contributed by atoms with Crippen LogP contribution in [0.25, 0.3) is 0 Å². The Hall–Kier alpha value is -2.16. The van der Waals surface area contributed by atoms with E-state index >= 15 is 0 Å². The lowest BCUT2D eigenvalue weighted by atomic mass is 9.43. The van der Waals surface area contributed by atoms with Crippen molar-refractivity contribution < 1.29 is 38.0 Å². The highest BCUT2D eigenvalue weighted by Crippen LogP contribution is 2.65. The molecular weight excluding hydrogens is 655 g/mol. The predicted molar refractivity (Wildman–Crippen MR) is 198 cm³/mol. The van der Waals surface area contributed by atoms with Crippen molar-refractivity contribution in [2.75, 3.05) is 6.54 Å². The molecule has 4 aliphatic rings. The van der Waals surface area contributed by atoms with Crippen LogP contribution in [0.3, 0.4) is 0 Å². The minimum Gasteiger partial charge on any atom is -0.465 e. The van der Waals surface area contributed by atoms with Gasteiger partial charge < -0.3 is 40.1 Å². The Morgan fingerprint density at radius 1 is 0.940 bits per heavy atom. The van der Waals surface area contributed by atoms with Gasteiger partial charge in [-0.05, 0) is 93.7 Å². The van der Waals surface area contributed by atoms with Crippen molar-refractivity contribution >= 4 is 39.3 Å². The average Bonchev–Trinajstić information content (AvgIpc) is 3.34. The number of amides is 4. The van der Waals surface area contributed by atoms with E-state index in [0.717, 1.165) is 12.8 Å². The lowest BCUT2D eigenvalue weighted by molar-refractivity contribution is -0.199. The van der Waals surface area contributed by atoms with Crippen LogP contribution >= 0.6 is 0 Å². The van der Waals surface area contributed by atoms with E-state index in [2.05, 4.69) is 89.8 Å². The summed E-state index contributed by atoms with van der Waals surface area (Å²) < 4.78 is 19.9. The van der Waals surface area contributed by atoms with Crippen LogP contribution in [0.5, 0.6) is 0 Å². The number of hydrogen-bond donors (Lipinski definition) is 5. The Morgan fingerprint density at radius 3 is 2.12 bits per heavy atom. The molecule has 4 fully saturated rings. The molecule has 1 aliphatic heterocycles. The normalized spacial score (nSPS) is 26.7. The molecule has 8 atom stereocenters. The molecule has 50 heavy (non-hydrogen) atoms. The van der Waals surface area contributed by atoms with E-state index < -0.39 is 57.2 Å². The zero-order valence-corrected chi connectivity index (χ0v) is 34.0. The highest BCUT2D eigenvalue weighted by atomic mass is 28.4. The van der Waals surface area contributed by atoms with Gasteiger partial charge in [0.1, 0.15) is 12.1 Å². The monoisotopic (exact) mass is 722 g/mol. The molecule has 0 radical (unpaired) electrons. The summed E-state index contributed by atoms with van der Waals surface area (Å²) in [6.45, 7) is 27.0. The summed E-state index contributed by atoms with van der Waals surface area (Å²) in [5.74, 6) is -0.797. The number of carbonyl (C=O) groups excluding carboxylic acids is 3. The molecule has 0 spiro atoms. The molecule has 0 aromatic carbocycles. The molecule has 4 rings (SSSR count). The third-order valence-corrected chi connectivity index (χ3v) is 16.6. The fraction of sp³-hybridized carbons (Fsp3) is 0.889. The molecule has 3 saturated carbocycles. The standard InChI is InChI=1S/C36H67BN4O8Si/c1-21(2)18-28(37-47-27-20-24-19-26(35(24,9)10)36(27,11)49-37)40-31(43)25(16-14-15-17-38-33(45)46)39-32(44)29(41-30(42)22(3)4)23(5)48-50(12,13)34(6,7)8/h21-29,38H,14-20H2,1-13H3,(H,39,44)(H,40,43)(H,41,42)(H,45,46)/t23-,24+,25?,26+,27-,28+,29+,36+/m1/s1. The first-order valence-corrected chi connectivity index (χ1v) is 21.7. The molecule has 14 heteroatoms. The number of rotatable bonds is 17. The molecule has 1 heterocycles. The summed E-state index contributed by atoms with van der Waals surface area (Å²) in [4.78, 5) is 52.2. The van der Waals surface area contributed by atoms with Crippen LogP contribution in [-0.4, -0.2) is 86.7 Å². The second kappa shape index (κ2) is 16.2. The van der Waals surface area contributed by atoms with E-state index in [1.54, 1.807) is 20.8 Å². The second-order valence-electron chi connectivity index (χ2n) is 18.1. The maximum atomic E-state index is 14.2. The zero-order valence-electron chi connectivity index (χ0n) is 33.0. The molecule has 2 bridgehead atoms. The molecule has 1 saturated heterocycles. The first kappa shape index (κ1) is 42.3. The zero-order chi connectivity index (χ0) is 38.0. The van der Waals surface area contributed by atoms with Gasteiger partial charge in [-0.15, -0.1) is 0 Å². The van der Waals surface area contributed by atoms with Crippen molar-refractivity contribution in [2.45, 2.75) is 169 Å². The van der Waals surface area contributed by atoms with Crippen LogP contribution in [0.2, 0.25) is 18.1 Å². The maximum absolute atomic E-state index is 14.2. The van der Waals surface area contributed by atoms with Crippen LogP contribution in [0.4, 0.5) is 4.79 Å². The Kier molecular flexibility index (Phi) is 13.7. The van der Waals surface area contributed by atoms with E-state index in [1.165, 1.54) is 0 Å². The lowest BCUT2D eigenvalue weighted by Gasteiger charge is -2.64. The van der Waals surface area contributed by atoms with Crippen molar-refractivity contribution in [3.8, 4) is 0 Å². The van der Waals surface area contributed by atoms with Gasteiger partial charge in [-0.3, -0.25) is 14.4 Å². The summed E-state index contributed by atoms with van der Waals surface area (Å²) in [7, 11) is -2.96. The quantitative estimate of drug-likeness (QED) is 0.100. The Bertz CT molecular complexity index is 1230. The molecular formula is C36H67BN4O8Si. The molecule has 5 N–H and O–H groups in total. The molecule has 286 valence electrons. The Morgan fingerprint density at radius 2 is 1.58 bits per heavy atom. The van der Waals surface area contributed by atoms with Crippen molar-refractivity contribution in [3.05, 3.63) is 0 Å². The summed E-state index contributed by atoms with van der Waals surface area (Å²) in [5.41, 5.74) is -0.256. The van der Waals surface area contributed by atoms with Crippen molar-refractivity contribution in [1.29, 1.82) is 0 Å². The van der Waals surface area contributed by atoms with E-state index in [-0.39, 0.29) is 53.2 Å². The minimum absolute atomic E-state index is 0.0409. The first-order chi connectivity index (χ1) is 22.9. The molecule has 3 aliphatic carbocycles. The number of hydrogen-bond acceptors (Lipinski definition) is 7. The van der Waals surface area contributed by atoms with Gasteiger partial charge in [0, 0.05) is 12.5 Å². The topological polar surface area (TPSA) is 164 Å². The van der Waals surface area contributed by atoms with E-state index in [9.17, 15) is 19.2 Å². The van der Waals surface area contributed by atoms with Gasteiger partial charge in [0.2, 0.25) is 17.7 Å². The Balaban J connectivity index is 1.84. The van der Waals surface area contributed by atoms with Crippen molar-refractivity contribution in [3.63, 3.8) is 0 Å². The van der Waals surface area contributed by atoms with Crippen LogP contribution < -0.4 is 21.3 Å². The van der Waals surface area contributed by atoms with Crippen molar-refractivity contribution in [2.24, 2.45) is 29.1 Å². The summed E-state index contributed by atoms with van der Waals surface area (Å²) in [6.07, 6.45) is 2.07. The molecule has 1 unspecified atom stereocenters. The van der Waals surface area contributed by atoms with Crippen LogP contribution in [0, 0.1) is 29.1 Å². The van der Waals surface area contributed by atoms with Gasteiger partial charge in [-0.25, -0.2) is 4.79 Å². The molecule has 0 aromatic heterocycles. The maximum Gasteiger partial charge on any atom is 0.481 e. The van der Waals surface area contributed by atoms with Crippen molar-refractivity contribution in [1.82, 2.24) is 21.3 Å². The van der Waals surface area contributed by atoms with Gasteiger partial charge in [-0.2, -0.15) is 0 Å². The average molecular weight is 723 g/mol. The fourth-order valence-corrected chi connectivity index (χ4v) is 9.14. The highest BCUT2D eigenvalue weighted by Gasteiger charge is 2.68. The van der Waals surface area contributed by atoms with Gasteiger partial charge in [0.05, 0.1) is 23.8 Å². The van der Waals surface area contributed by atoms with E-state index in [4.69, 9.17) is 18.8 Å². The highest BCUT2D eigenvalue weighted by molar-refractivity contribution is 6.74. The van der Waals surface area contributed by atoms with Crippen LogP contribution in [-0.2, 0) is 28.1 Å². The van der Waals surface area contributed by atoms with E-state index in [0.29, 0.717) is 31.1 Å². The predicted octanol–water partition coefficient (Wildman–Crippen LogP) is 5.26. The van der Waals surface area contributed by atoms with E-state index in [1.807, 2.05) is 0 Å². The summed E-state index contributed by atoms with van der Waals surface area (Å²) in [6, 6.07) is -1.99. The van der Waals surface area contributed by atoms with Gasteiger partial charge >= 0.3 is 13.2 Å². The van der Waals surface area contributed by atoms with Gasteiger partial charge in [0.25, 0.3) is 0 Å². The Labute approximate surface area is 302 Å². The van der Waals surface area contributed by atoms with Gasteiger partial charge in [0.15, 0.2) is 8.32 Å². The second-order valence-corrected chi connectivity index (χ2v) is 22.9. The minimum atomic E-state index is -2.33. The van der Waals surface area contributed by atoms with Crippen LogP contribution in [0.15, 0.2) is 0 Å². The SMILES string of the molecule is CC(C)C[C@H](NC(=O)C(CCCCNC(=O)O)NC(=O)[C@@H](NC(=O)C(C)C)[C@@H](C)O[Si](C)(C)C(C)(C)C)B1O[C@@H]2C[C@@H]3C[C@@H](C3(C)C)[C@]2(C)O1. The fourth-order valence-electron chi connectivity index (χ4n) is 7.72. The number of carboxylic acid groups (broad SMARTS) is 1. The number of nitrogens with one attached hydrogen (secondary N) is 4. The summed E-state index contributed by atoms with van der Waals surface area (Å²) >= 11 is 0. The smallest absolute Gasteiger partial charge is 0.465 e. The summed E-state index contributed by atoms with van der Waals surface area (Å²) in [5, 5.41) is 20.3. The molecule has 0 aromatic rings. The van der Waals surface area contributed by atoms with Gasteiger partial charge in [-0.1, -0.05) is 62.3 Å². The number of unbranched alkanes of at least 4 members (excludes halogenated alkanes) is 1.